The summed E-state index contributed by atoms with van der Waals surface area (Å²) in [5, 5.41) is 14.1. The van der Waals surface area contributed by atoms with Crippen LogP contribution in [0.2, 0.25) is 5.02 Å². The minimum Gasteiger partial charge on any atom is -0.478 e. The van der Waals surface area contributed by atoms with E-state index in [1.165, 1.54) is 6.20 Å². The van der Waals surface area contributed by atoms with Crippen molar-refractivity contribution >= 4 is 17.6 Å². The summed E-state index contributed by atoms with van der Waals surface area (Å²) in [4.78, 5) is 11.4. The molecule has 0 aliphatic rings. The lowest BCUT2D eigenvalue weighted by Crippen LogP contribution is -2.02. The lowest BCUT2D eigenvalue weighted by Gasteiger charge is -2.09. The van der Waals surface area contributed by atoms with Crippen molar-refractivity contribution in [2.24, 2.45) is 0 Å². The Morgan fingerprint density at radius 2 is 1.86 bits per heavy atom. The lowest BCUT2D eigenvalue weighted by atomic mass is 10.1. The van der Waals surface area contributed by atoms with E-state index in [0.29, 0.717) is 16.3 Å². The number of benzene rings is 2. The Morgan fingerprint density at radius 1 is 1.10 bits per heavy atom. The molecule has 1 N–H and O–H groups in total. The second-order valence-electron chi connectivity index (χ2n) is 4.47. The van der Waals surface area contributed by atoms with Gasteiger partial charge in [0.2, 0.25) is 0 Å². The van der Waals surface area contributed by atoms with Crippen molar-refractivity contribution in [3.05, 3.63) is 71.4 Å². The van der Waals surface area contributed by atoms with Crippen molar-refractivity contribution in [3.8, 4) is 16.9 Å². The summed E-state index contributed by atoms with van der Waals surface area (Å²) < 4.78 is 1.61. The zero-order valence-electron chi connectivity index (χ0n) is 10.9. The summed E-state index contributed by atoms with van der Waals surface area (Å²) in [6.45, 7) is 0. The number of rotatable bonds is 3. The molecule has 0 fully saturated rings. The molecule has 0 aliphatic heterocycles. The molecule has 0 radical (unpaired) electrons. The number of carboxylic acid groups (broad SMARTS) is 1. The van der Waals surface area contributed by atoms with Crippen LogP contribution in [-0.2, 0) is 0 Å². The first-order valence-corrected chi connectivity index (χ1v) is 6.67. The van der Waals surface area contributed by atoms with Crippen LogP contribution in [-0.4, -0.2) is 20.9 Å². The SMILES string of the molecule is O=C(O)c1cnn(-c2ccccc2)c1-c1cccc(Cl)c1. The zero-order valence-corrected chi connectivity index (χ0v) is 11.7. The summed E-state index contributed by atoms with van der Waals surface area (Å²) in [5.74, 6) is -1.02. The van der Waals surface area contributed by atoms with Gasteiger partial charge in [0, 0.05) is 10.6 Å². The Balaban J connectivity index is 2.26. The van der Waals surface area contributed by atoms with Crippen LogP contribution in [0.5, 0.6) is 0 Å². The summed E-state index contributed by atoms with van der Waals surface area (Å²) >= 11 is 6.01. The molecular weight excluding hydrogens is 288 g/mol. The highest BCUT2D eigenvalue weighted by Gasteiger charge is 2.19. The summed E-state index contributed by atoms with van der Waals surface area (Å²) in [5.41, 5.74) is 2.15. The van der Waals surface area contributed by atoms with Gasteiger partial charge in [-0.2, -0.15) is 5.10 Å². The molecule has 0 spiro atoms. The molecule has 1 aromatic heterocycles. The third-order valence-electron chi connectivity index (χ3n) is 3.10. The van der Waals surface area contributed by atoms with Gasteiger partial charge in [0.15, 0.2) is 0 Å². The second kappa shape index (κ2) is 5.42. The number of hydrogen-bond donors (Lipinski definition) is 1. The van der Waals surface area contributed by atoms with Gasteiger partial charge in [0.05, 0.1) is 17.6 Å². The van der Waals surface area contributed by atoms with Crippen LogP contribution in [0.1, 0.15) is 10.4 Å². The van der Waals surface area contributed by atoms with E-state index < -0.39 is 5.97 Å². The molecule has 3 aromatic rings. The minimum absolute atomic E-state index is 0.140. The number of carbonyl (C=O) groups is 1. The number of hydrogen-bond acceptors (Lipinski definition) is 2. The van der Waals surface area contributed by atoms with E-state index >= 15 is 0 Å². The molecular formula is C16H11ClN2O2. The fourth-order valence-corrected chi connectivity index (χ4v) is 2.37. The first-order valence-electron chi connectivity index (χ1n) is 6.29. The molecule has 0 atom stereocenters. The van der Waals surface area contributed by atoms with Crippen molar-refractivity contribution < 1.29 is 9.90 Å². The van der Waals surface area contributed by atoms with E-state index in [0.717, 1.165) is 5.69 Å². The minimum atomic E-state index is -1.02. The van der Waals surface area contributed by atoms with Crippen molar-refractivity contribution in [3.63, 3.8) is 0 Å². The molecule has 4 nitrogen and oxygen atoms in total. The van der Waals surface area contributed by atoms with Gasteiger partial charge in [-0.1, -0.05) is 41.9 Å². The number of halogens is 1. The molecule has 0 saturated heterocycles. The van der Waals surface area contributed by atoms with E-state index in [1.807, 2.05) is 36.4 Å². The highest BCUT2D eigenvalue weighted by atomic mass is 35.5. The van der Waals surface area contributed by atoms with Gasteiger partial charge in [-0.3, -0.25) is 0 Å². The van der Waals surface area contributed by atoms with E-state index in [1.54, 1.807) is 22.9 Å². The van der Waals surface area contributed by atoms with Gasteiger partial charge in [0.1, 0.15) is 5.56 Å². The third kappa shape index (κ3) is 2.53. The zero-order chi connectivity index (χ0) is 14.8. The van der Waals surface area contributed by atoms with Gasteiger partial charge >= 0.3 is 5.97 Å². The van der Waals surface area contributed by atoms with E-state index in [9.17, 15) is 9.90 Å². The topological polar surface area (TPSA) is 55.1 Å². The number of carboxylic acids is 1. The fraction of sp³-hybridized carbons (Fsp3) is 0. The standard InChI is InChI=1S/C16H11ClN2O2/c17-12-6-4-5-11(9-12)15-14(16(20)21)10-18-19(15)13-7-2-1-3-8-13/h1-10H,(H,20,21). The smallest absolute Gasteiger partial charge is 0.339 e. The van der Waals surface area contributed by atoms with Crippen LogP contribution in [0, 0.1) is 0 Å². The third-order valence-corrected chi connectivity index (χ3v) is 3.33. The van der Waals surface area contributed by atoms with E-state index in [-0.39, 0.29) is 5.56 Å². The fourth-order valence-electron chi connectivity index (χ4n) is 2.18. The van der Waals surface area contributed by atoms with Gasteiger partial charge in [0.25, 0.3) is 0 Å². The molecule has 21 heavy (non-hydrogen) atoms. The molecule has 104 valence electrons. The normalized spacial score (nSPS) is 10.5. The average Bonchev–Trinajstić information content (AvgIpc) is 2.93. The van der Waals surface area contributed by atoms with Gasteiger partial charge in [-0.05, 0) is 24.3 Å². The predicted octanol–water partition coefficient (Wildman–Crippen LogP) is 3.89. The monoisotopic (exact) mass is 298 g/mol. The first kappa shape index (κ1) is 13.4. The van der Waals surface area contributed by atoms with Crippen molar-refractivity contribution in [1.29, 1.82) is 0 Å². The van der Waals surface area contributed by atoms with Crippen LogP contribution in [0.4, 0.5) is 0 Å². The van der Waals surface area contributed by atoms with E-state index in [4.69, 9.17) is 11.6 Å². The van der Waals surface area contributed by atoms with Crippen LogP contribution in [0.3, 0.4) is 0 Å². The quantitative estimate of drug-likeness (QED) is 0.798. The highest BCUT2D eigenvalue weighted by Crippen LogP contribution is 2.28. The Labute approximate surface area is 126 Å². The van der Waals surface area contributed by atoms with Crippen molar-refractivity contribution in [2.75, 3.05) is 0 Å². The number of nitrogens with zero attached hydrogens (tertiary/aromatic N) is 2. The maximum atomic E-state index is 11.4. The van der Waals surface area contributed by atoms with Crippen LogP contribution < -0.4 is 0 Å². The molecule has 0 amide bonds. The molecule has 0 unspecified atom stereocenters. The molecule has 0 bridgehead atoms. The van der Waals surface area contributed by atoms with Crippen LogP contribution >= 0.6 is 11.6 Å². The average molecular weight is 299 g/mol. The second-order valence-corrected chi connectivity index (χ2v) is 4.91. The Hall–Kier alpha value is -2.59. The van der Waals surface area contributed by atoms with Crippen LogP contribution in [0.25, 0.3) is 16.9 Å². The Bertz CT molecular complexity index is 797. The van der Waals surface area contributed by atoms with Crippen LogP contribution in [0.15, 0.2) is 60.8 Å². The van der Waals surface area contributed by atoms with E-state index in [2.05, 4.69) is 5.10 Å². The first-order chi connectivity index (χ1) is 10.2. The number of aromatic nitrogens is 2. The van der Waals surface area contributed by atoms with Gasteiger partial charge in [-0.15, -0.1) is 0 Å². The molecule has 5 heteroatoms. The molecule has 2 aromatic carbocycles. The largest absolute Gasteiger partial charge is 0.478 e. The molecule has 3 rings (SSSR count). The van der Waals surface area contributed by atoms with Crippen molar-refractivity contribution in [1.82, 2.24) is 9.78 Å². The predicted molar refractivity (Wildman–Crippen MR) is 81.0 cm³/mol. The molecule has 0 saturated carbocycles. The maximum absolute atomic E-state index is 11.4. The van der Waals surface area contributed by atoms with Gasteiger partial charge in [-0.25, -0.2) is 9.48 Å². The highest BCUT2D eigenvalue weighted by molar-refractivity contribution is 6.30. The summed E-state index contributed by atoms with van der Waals surface area (Å²) in [6.07, 6.45) is 1.35. The summed E-state index contributed by atoms with van der Waals surface area (Å²) in [6, 6.07) is 16.4. The Morgan fingerprint density at radius 3 is 2.52 bits per heavy atom. The Kier molecular flexibility index (Phi) is 3.46. The lowest BCUT2D eigenvalue weighted by molar-refractivity contribution is 0.0697. The molecule has 0 aliphatic carbocycles. The summed E-state index contributed by atoms with van der Waals surface area (Å²) in [7, 11) is 0. The van der Waals surface area contributed by atoms with Gasteiger partial charge < -0.3 is 5.11 Å². The maximum Gasteiger partial charge on any atom is 0.339 e. The molecule has 1 heterocycles. The number of para-hydroxylation sites is 1. The van der Waals surface area contributed by atoms with Crippen molar-refractivity contribution in [2.45, 2.75) is 0 Å². The number of aromatic carboxylic acids is 1.